The molecule has 1 aromatic heterocycles. The van der Waals surface area contributed by atoms with Crippen LogP contribution in [-0.2, 0) is 11.3 Å². The molecule has 0 aliphatic heterocycles. The average Bonchev–Trinajstić information content (AvgIpc) is 3.22. The van der Waals surface area contributed by atoms with Gasteiger partial charge in [0.1, 0.15) is 5.82 Å². The lowest BCUT2D eigenvalue weighted by atomic mass is 10.2. The van der Waals surface area contributed by atoms with Crippen LogP contribution in [0.5, 0.6) is 0 Å². The molecule has 32 heavy (non-hydrogen) atoms. The Balaban J connectivity index is 1.49. The van der Waals surface area contributed by atoms with E-state index in [0.717, 1.165) is 11.4 Å². The summed E-state index contributed by atoms with van der Waals surface area (Å²) in [5.74, 6) is 0.00336. The first kappa shape index (κ1) is 21.6. The molecular formula is C24H22FN5OS. The quantitative estimate of drug-likeness (QED) is 0.370. The first-order valence-corrected chi connectivity index (χ1v) is 11.1. The third-order valence-electron chi connectivity index (χ3n) is 4.70. The zero-order valence-corrected chi connectivity index (χ0v) is 18.3. The molecular weight excluding hydrogens is 425 g/mol. The monoisotopic (exact) mass is 447 g/mol. The Morgan fingerprint density at radius 3 is 2.44 bits per heavy atom. The summed E-state index contributed by atoms with van der Waals surface area (Å²) < 4.78 is 15.7. The van der Waals surface area contributed by atoms with Crippen LogP contribution in [0.3, 0.4) is 0 Å². The number of nitrogens with one attached hydrogen (secondary N) is 2. The topological polar surface area (TPSA) is 71.8 Å². The van der Waals surface area contributed by atoms with E-state index in [2.05, 4.69) is 20.8 Å². The molecule has 0 atom stereocenters. The van der Waals surface area contributed by atoms with Gasteiger partial charge in [-0.1, -0.05) is 59.8 Å². The SMILES string of the molecule is Cc1ccc(NCc2nnc(SCC(=O)Nc3ccccc3F)n2-c2ccccc2)cc1. The molecule has 0 saturated carbocycles. The molecule has 0 aliphatic carbocycles. The van der Waals surface area contributed by atoms with Crippen LogP contribution >= 0.6 is 11.8 Å². The van der Waals surface area contributed by atoms with E-state index in [4.69, 9.17) is 0 Å². The summed E-state index contributed by atoms with van der Waals surface area (Å²) in [6, 6.07) is 23.9. The third kappa shape index (κ3) is 5.33. The number of thioether (sulfide) groups is 1. The average molecular weight is 448 g/mol. The van der Waals surface area contributed by atoms with Crippen molar-refractivity contribution in [3.05, 3.63) is 96.1 Å². The lowest BCUT2D eigenvalue weighted by Gasteiger charge is -2.12. The summed E-state index contributed by atoms with van der Waals surface area (Å²) in [6.45, 7) is 2.51. The number of anilines is 2. The van der Waals surface area contributed by atoms with Crippen LogP contribution in [0, 0.1) is 12.7 Å². The highest BCUT2D eigenvalue weighted by Gasteiger charge is 2.16. The van der Waals surface area contributed by atoms with Crippen LogP contribution in [-0.4, -0.2) is 26.4 Å². The zero-order chi connectivity index (χ0) is 22.3. The maximum Gasteiger partial charge on any atom is 0.234 e. The van der Waals surface area contributed by atoms with Crippen molar-refractivity contribution < 1.29 is 9.18 Å². The van der Waals surface area contributed by atoms with Crippen molar-refractivity contribution in [3.63, 3.8) is 0 Å². The second kappa shape index (κ2) is 10.1. The third-order valence-corrected chi connectivity index (χ3v) is 5.63. The van der Waals surface area contributed by atoms with E-state index in [0.29, 0.717) is 17.5 Å². The molecule has 2 N–H and O–H groups in total. The first-order chi connectivity index (χ1) is 15.6. The molecule has 1 heterocycles. The molecule has 8 heteroatoms. The first-order valence-electron chi connectivity index (χ1n) is 10.1. The molecule has 0 spiro atoms. The van der Waals surface area contributed by atoms with Crippen molar-refractivity contribution >= 4 is 29.0 Å². The van der Waals surface area contributed by atoms with Gasteiger partial charge in [-0.15, -0.1) is 10.2 Å². The number of carbonyl (C=O) groups is 1. The van der Waals surface area contributed by atoms with E-state index in [1.807, 2.05) is 66.1 Å². The van der Waals surface area contributed by atoms with Gasteiger partial charge in [-0.25, -0.2) is 4.39 Å². The van der Waals surface area contributed by atoms with Crippen molar-refractivity contribution in [1.82, 2.24) is 14.8 Å². The Bertz CT molecular complexity index is 1190. The Kier molecular flexibility index (Phi) is 6.81. The molecule has 4 aromatic rings. The number of hydrogen-bond acceptors (Lipinski definition) is 5. The number of amides is 1. The molecule has 1 amide bonds. The maximum atomic E-state index is 13.8. The van der Waals surface area contributed by atoms with Crippen molar-refractivity contribution in [2.75, 3.05) is 16.4 Å². The smallest absolute Gasteiger partial charge is 0.234 e. The number of hydrogen-bond donors (Lipinski definition) is 2. The lowest BCUT2D eigenvalue weighted by Crippen LogP contribution is -2.15. The molecule has 0 bridgehead atoms. The van der Waals surface area contributed by atoms with Crippen molar-refractivity contribution in [3.8, 4) is 5.69 Å². The van der Waals surface area contributed by atoms with Gasteiger partial charge in [0.25, 0.3) is 0 Å². The molecule has 0 unspecified atom stereocenters. The van der Waals surface area contributed by atoms with E-state index in [1.165, 1.54) is 29.5 Å². The minimum Gasteiger partial charge on any atom is -0.378 e. The number of rotatable bonds is 8. The van der Waals surface area contributed by atoms with Gasteiger partial charge in [-0.2, -0.15) is 0 Å². The summed E-state index contributed by atoms with van der Waals surface area (Å²) >= 11 is 1.25. The number of benzene rings is 3. The molecule has 0 radical (unpaired) electrons. The predicted molar refractivity (Wildman–Crippen MR) is 126 cm³/mol. The Morgan fingerprint density at radius 2 is 1.69 bits per heavy atom. The van der Waals surface area contributed by atoms with Gasteiger partial charge in [-0.05, 0) is 43.3 Å². The van der Waals surface area contributed by atoms with E-state index < -0.39 is 5.82 Å². The number of carbonyl (C=O) groups excluding carboxylic acids is 1. The summed E-state index contributed by atoms with van der Waals surface area (Å²) in [4.78, 5) is 12.4. The van der Waals surface area contributed by atoms with E-state index in [9.17, 15) is 9.18 Å². The van der Waals surface area contributed by atoms with Crippen LogP contribution in [0.15, 0.2) is 84.0 Å². The Morgan fingerprint density at radius 1 is 0.969 bits per heavy atom. The highest BCUT2D eigenvalue weighted by atomic mass is 32.2. The van der Waals surface area contributed by atoms with Crippen molar-refractivity contribution in [1.29, 1.82) is 0 Å². The van der Waals surface area contributed by atoms with E-state index in [-0.39, 0.29) is 17.3 Å². The van der Waals surface area contributed by atoms with Crippen LogP contribution in [0.2, 0.25) is 0 Å². The maximum absolute atomic E-state index is 13.8. The number of nitrogens with zero attached hydrogens (tertiary/aromatic N) is 3. The van der Waals surface area contributed by atoms with Crippen molar-refractivity contribution in [2.45, 2.75) is 18.6 Å². The Hall–Kier alpha value is -3.65. The molecule has 4 rings (SSSR count). The molecule has 0 saturated heterocycles. The number of para-hydroxylation sites is 2. The fourth-order valence-electron chi connectivity index (χ4n) is 3.08. The van der Waals surface area contributed by atoms with Crippen molar-refractivity contribution in [2.24, 2.45) is 0 Å². The molecule has 6 nitrogen and oxygen atoms in total. The second-order valence-electron chi connectivity index (χ2n) is 7.11. The number of aryl methyl sites for hydroxylation is 1. The van der Waals surface area contributed by atoms with Gasteiger partial charge in [0.2, 0.25) is 5.91 Å². The van der Waals surface area contributed by atoms with Crippen LogP contribution < -0.4 is 10.6 Å². The van der Waals surface area contributed by atoms with Gasteiger partial charge in [0.15, 0.2) is 11.0 Å². The summed E-state index contributed by atoms with van der Waals surface area (Å²) in [6.07, 6.45) is 0. The van der Waals surface area contributed by atoms with Gasteiger partial charge < -0.3 is 10.6 Å². The van der Waals surface area contributed by atoms with Gasteiger partial charge in [0, 0.05) is 11.4 Å². The number of aromatic nitrogens is 3. The standard InChI is InChI=1S/C24H22FN5OS/c1-17-11-13-18(14-12-17)26-15-22-28-29-24(30(22)19-7-3-2-4-8-19)32-16-23(31)27-21-10-6-5-9-20(21)25/h2-14,26H,15-16H2,1H3,(H,27,31). The second-order valence-corrected chi connectivity index (χ2v) is 8.05. The van der Waals surface area contributed by atoms with E-state index in [1.54, 1.807) is 12.1 Å². The lowest BCUT2D eigenvalue weighted by molar-refractivity contribution is -0.113. The molecule has 0 aliphatic rings. The predicted octanol–water partition coefficient (Wildman–Crippen LogP) is 5.06. The molecule has 3 aromatic carbocycles. The van der Waals surface area contributed by atoms with Gasteiger partial charge in [0.05, 0.1) is 18.0 Å². The molecule has 162 valence electrons. The van der Waals surface area contributed by atoms with Crippen LogP contribution in [0.4, 0.5) is 15.8 Å². The Labute approximate surface area is 189 Å². The minimum absolute atomic E-state index is 0.0741. The summed E-state index contributed by atoms with van der Waals surface area (Å²) in [5.41, 5.74) is 3.23. The van der Waals surface area contributed by atoms with Gasteiger partial charge in [-0.3, -0.25) is 9.36 Å². The fraction of sp³-hybridized carbons (Fsp3) is 0.125. The zero-order valence-electron chi connectivity index (χ0n) is 17.5. The van der Waals surface area contributed by atoms with Crippen LogP contribution in [0.1, 0.15) is 11.4 Å². The highest BCUT2D eigenvalue weighted by molar-refractivity contribution is 7.99. The summed E-state index contributed by atoms with van der Waals surface area (Å²) in [7, 11) is 0. The number of halogens is 1. The van der Waals surface area contributed by atoms with Gasteiger partial charge >= 0.3 is 0 Å². The molecule has 0 fully saturated rings. The van der Waals surface area contributed by atoms with E-state index >= 15 is 0 Å². The normalized spacial score (nSPS) is 10.7. The highest BCUT2D eigenvalue weighted by Crippen LogP contribution is 2.23. The largest absolute Gasteiger partial charge is 0.378 e. The summed E-state index contributed by atoms with van der Waals surface area (Å²) in [5, 5.41) is 15.2. The van der Waals surface area contributed by atoms with Crippen LogP contribution in [0.25, 0.3) is 5.69 Å². The fourth-order valence-corrected chi connectivity index (χ4v) is 3.85. The minimum atomic E-state index is -0.470.